The predicted molar refractivity (Wildman–Crippen MR) is 159 cm³/mol. The van der Waals surface area contributed by atoms with Gasteiger partial charge in [-0.2, -0.15) is 13.9 Å². The molecule has 2 aliphatic rings. The third-order valence-corrected chi connectivity index (χ3v) is 8.74. The second-order valence-electron chi connectivity index (χ2n) is 12.1. The average molecular weight is 636 g/mol. The molecule has 2 aromatic carbocycles. The highest BCUT2D eigenvalue weighted by Gasteiger charge is 2.59. The van der Waals surface area contributed by atoms with Gasteiger partial charge in [-0.15, -0.1) is 0 Å². The van der Waals surface area contributed by atoms with Crippen molar-refractivity contribution in [3.05, 3.63) is 83.0 Å². The number of halogens is 4. The highest BCUT2D eigenvalue weighted by Crippen LogP contribution is 2.48. The number of aromatic amines is 1. The molecule has 2 aliphatic heterocycles. The van der Waals surface area contributed by atoms with Crippen LogP contribution < -0.4 is 5.32 Å². The quantitative estimate of drug-likeness (QED) is 0.205. The van der Waals surface area contributed by atoms with Crippen LogP contribution in [-0.2, 0) is 15.0 Å². The molecule has 1 fully saturated rings. The number of likely N-dealkylation sites (N-methyl/N-ethyl adjacent to an activating group) is 1. The number of hydrogen-bond acceptors (Lipinski definition) is 4. The van der Waals surface area contributed by atoms with Crippen LogP contribution in [0, 0.1) is 24.1 Å². The number of likely N-dealkylation sites (tertiary alicyclic amines) is 1. The van der Waals surface area contributed by atoms with Crippen LogP contribution >= 0.6 is 0 Å². The fraction of sp³-hybridized carbons (Fsp3) is 0.344. The number of anilines is 1. The van der Waals surface area contributed by atoms with E-state index < -0.39 is 53.5 Å². The number of amides is 3. The Balaban J connectivity index is 1.32. The van der Waals surface area contributed by atoms with Crippen molar-refractivity contribution in [2.45, 2.75) is 50.9 Å². The molecule has 10 nitrogen and oxygen atoms in total. The Kier molecular flexibility index (Phi) is 7.58. The third-order valence-electron chi connectivity index (χ3n) is 8.74. The van der Waals surface area contributed by atoms with Crippen LogP contribution in [0.2, 0.25) is 0 Å². The maximum Gasteiger partial charge on any atom is 0.333 e. The van der Waals surface area contributed by atoms with E-state index in [0.717, 1.165) is 12.3 Å². The highest BCUT2D eigenvalue weighted by molar-refractivity contribution is 6.08. The number of aromatic nitrogens is 3. The summed E-state index contributed by atoms with van der Waals surface area (Å²) in [7, 11) is 1.43. The number of alkyl halides is 2. The van der Waals surface area contributed by atoms with Gasteiger partial charge in [-0.3, -0.25) is 24.1 Å². The molecular weight excluding hydrogens is 606 g/mol. The lowest BCUT2D eigenvalue weighted by Gasteiger charge is -2.32. The SMILES string of the molecule is [C-]#[N+][C@@H]1C[C@@]2(CN1C(=O)[C@H](CC(C)C)N(C)C(=O)c1cc3c(F)cc(F)cc3[nH]1)C(=O)Nc1ccc(-c3ccn(C(F)F)n3)cc12. The smallest absolute Gasteiger partial charge is 0.333 e. The molecule has 0 unspecified atom stereocenters. The fourth-order valence-electron chi connectivity index (χ4n) is 6.43. The summed E-state index contributed by atoms with van der Waals surface area (Å²) in [5, 5.41) is 6.77. The third kappa shape index (κ3) is 5.05. The first-order valence-corrected chi connectivity index (χ1v) is 14.5. The summed E-state index contributed by atoms with van der Waals surface area (Å²) in [6.45, 7) is 8.68. The van der Waals surface area contributed by atoms with Crippen LogP contribution in [0.1, 0.15) is 49.3 Å². The van der Waals surface area contributed by atoms with Crippen LogP contribution in [-0.4, -0.2) is 68.1 Å². The zero-order valence-electron chi connectivity index (χ0n) is 25.0. The number of nitrogens with zero attached hydrogens (tertiary/aromatic N) is 5. The molecule has 2 aromatic heterocycles. The lowest BCUT2D eigenvalue weighted by molar-refractivity contribution is -0.136. The monoisotopic (exact) mass is 635 g/mol. The molecule has 3 amide bonds. The molecule has 46 heavy (non-hydrogen) atoms. The summed E-state index contributed by atoms with van der Waals surface area (Å²) >= 11 is 0. The molecule has 4 aromatic rings. The Bertz CT molecular complexity index is 1930. The summed E-state index contributed by atoms with van der Waals surface area (Å²) in [4.78, 5) is 50.4. The summed E-state index contributed by atoms with van der Waals surface area (Å²) < 4.78 is 55.0. The van der Waals surface area contributed by atoms with E-state index >= 15 is 0 Å². The minimum atomic E-state index is -2.82. The summed E-state index contributed by atoms with van der Waals surface area (Å²) in [6, 6.07) is 8.36. The van der Waals surface area contributed by atoms with E-state index in [9.17, 15) is 31.9 Å². The number of nitrogens with one attached hydrogen (secondary N) is 2. The average Bonchev–Trinajstić information content (AvgIpc) is 3.80. The zero-order chi connectivity index (χ0) is 33.1. The first-order chi connectivity index (χ1) is 21.8. The molecule has 4 heterocycles. The van der Waals surface area contributed by atoms with Crippen LogP contribution in [0.3, 0.4) is 0 Å². The summed E-state index contributed by atoms with van der Waals surface area (Å²) in [5.74, 6) is -3.30. The Morgan fingerprint density at radius 2 is 1.93 bits per heavy atom. The first-order valence-electron chi connectivity index (χ1n) is 14.5. The topological polar surface area (TPSA) is 108 Å². The predicted octanol–water partition coefficient (Wildman–Crippen LogP) is 5.56. The van der Waals surface area contributed by atoms with Crippen LogP contribution in [0.5, 0.6) is 0 Å². The van der Waals surface area contributed by atoms with E-state index in [2.05, 4.69) is 20.2 Å². The number of carbonyl (C=O) groups is 3. The normalized spacial score (nSPS) is 19.6. The molecule has 2 N–H and O–H groups in total. The summed E-state index contributed by atoms with van der Waals surface area (Å²) in [5.41, 5.74) is 0.482. The number of fused-ring (bicyclic) bond motifs is 3. The standard InChI is InChI=1S/C32H29F4N7O3/c1-16(2)9-26(41(4)28(44)25-13-19-21(34)11-18(33)12-24(19)38-25)29(45)42-15-32(14-27(42)37-3)20-10-17(5-6-23(20)39-30(32)46)22-7-8-43(40-22)31(35)36/h5-8,10-13,16,26-27,31,38H,9,14-15H2,1-2,4H3,(H,39,46)/t26-,27-,32-/m0/s1. The van der Waals surface area contributed by atoms with Crippen molar-refractivity contribution >= 4 is 34.3 Å². The van der Waals surface area contributed by atoms with E-state index in [4.69, 9.17) is 6.57 Å². The first kappa shape index (κ1) is 30.8. The molecular formula is C32H29F4N7O3. The van der Waals surface area contributed by atoms with Gasteiger partial charge >= 0.3 is 12.7 Å². The summed E-state index contributed by atoms with van der Waals surface area (Å²) in [6.07, 6.45) is 0.316. The Hall–Kier alpha value is -5.19. The Morgan fingerprint density at radius 3 is 2.61 bits per heavy atom. The molecule has 0 bridgehead atoms. The molecule has 14 heteroatoms. The van der Waals surface area contributed by atoms with E-state index in [1.807, 2.05) is 13.8 Å². The number of carbonyl (C=O) groups excluding carboxylic acids is 3. The maximum atomic E-state index is 14.4. The van der Waals surface area contributed by atoms with Gasteiger partial charge in [-0.25, -0.2) is 20.0 Å². The van der Waals surface area contributed by atoms with Crippen molar-refractivity contribution in [2.24, 2.45) is 5.92 Å². The van der Waals surface area contributed by atoms with E-state index in [1.54, 1.807) is 18.2 Å². The molecule has 0 aliphatic carbocycles. The van der Waals surface area contributed by atoms with E-state index in [0.29, 0.717) is 27.6 Å². The van der Waals surface area contributed by atoms with Gasteiger partial charge in [-0.05, 0) is 48.2 Å². The largest absolute Gasteiger partial charge is 0.350 e. The molecule has 0 radical (unpaired) electrons. The molecule has 0 saturated carbocycles. The van der Waals surface area contributed by atoms with Crippen LogP contribution in [0.4, 0.5) is 23.2 Å². The van der Waals surface area contributed by atoms with Crippen molar-refractivity contribution in [1.82, 2.24) is 24.6 Å². The van der Waals surface area contributed by atoms with Crippen LogP contribution in [0.15, 0.2) is 48.7 Å². The molecule has 3 atom stereocenters. The van der Waals surface area contributed by atoms with Gasteiger partial charge in [0.05, 0.1) is 17.6 Å². The lowest BCUT2D eigenvalue weighted by atomic mass is 9.79. The van der Waals surface area contributed by atoms with Gasteiger partial charge in [0.15, 0.2) is 0 Å². The number of benzene rings is 2. The number of H-pyrrole nitrogens is 1. The van der Waals surface area contributed by atoms with Crippen molar-refractivity contribution in [2.75, 3.05) is 18.9 Å². The minimum absolute atomic E-state index is 0.0189. The van der Waals surface area contributed by atoms with Gasteiger partial charge in [0.1, 0.15) is 28.8 Å². The Morgan fingerprint density at radius 1 is 1.17 bits per heavy atom. The Labute approximate surface area is 260 Å². The fourth-order valence-corrected chi connectivity index (χ4v) is 6.43. The molecule has 1 saturated heterocycles. The van der Waals surface area contributed by atoms with Gasteiger partial charge in [0.25, 0.3) is 11.8 Å². The lowest BCUT2D eigenvalue weighted by Crippen LogP contribution is -2.51. The van der Waals surface area contributed by atoms with Gasteiger partial charge in [-0.1, -0.05) is 19.9 Å². The van der Waals surface area contributed by atoms with Crippen molar-refractivity contribution < 1.29 is 31.9 Å². The molecule has 1 spiro atoms. The van der Waals surface area contributed by atoms with Crippen molar-refractivity contribution in [3.8, 4) is 11.3 Å². The molecule has 6 rings (SSSR count). The minimum Gasteiger partial charge on any atom is -0.350 e. The van der Waals surface area contributed by atoms with Crippen molar-refractivity contribution in [1.29, 1.82) is 0 Å². The number of hydrogen-bond donors (Lipinski definition) is 2. The zero-order valence-corrected chi connectivity index (χ0v) is 25.0. The maximum absolute atomic E-state index is 14.4. The van der Waals surface area contributed by atoms with E-state index in [1.165, 1.54) is 29.0 Å². The second-order valence-corrected chi connectivity index (χ2v) is 12.1. The van der Waals surface area contributed by atoms with Crippen molar-refractivity contribution in [3.63, 3.8) is 0 Å². The van der Waals surface area contributed by atoms with E-state index in [-0.39, 0.29) is 47.6 Å². The van der Waals surface area contributed by atoms with Gasteiger partial charge < -0.3 is 15.2 Å². The van der Waals surface area contributed by atoms with Gasteiger partial charge in [0, 0.05) is 42.5 Å². The second kappa shape index (κ2) is 11.3. The number of rotatable bonds is 7. The van der Waals surface area contributed by atoms with Gasteiger partial charge in [0.2, 0.25) is 5.91 Å². The molecule has 238 valence electrons. The highest BCUT2D eigenvalue weighted by atomic mass is 19.3. The van der Waals surface area contributed by atoms with Crippen LogP contribution in [0.25, 0.3) is 27.0 Å².